The Morgan fingerprint density at radius 1 is 1.08 bits per heavy atom. The Hall–Kier alpha value is -2.48. The van der Waals surface area contributed by atoms with Crippen LogP contribution in [0, 0.1) is 0 Å². The van der Waals surface area contributed by atoms with Gasteiger partial charge in [-0.2, -0.15) is 0 Å². The quantitative estimate of drug-likeness (QED) is 0.665. The van der Waals surface area contributed by atoms with E-state index in [1.807, 2.05) is 30.3 Å². The number of hydrogen-bond acceptors (Lipinski definition) is 5. The zero-order valence-corrected chi connectivity index (χ0v) is 15.1. The minimum Gasteiger partial charge on any atom is -0.388 e. The molecule has 136 valence electrons. The van der Waals surface area contributed by atoms with Crippen molar-refractivity contribution >= 4 is 10.0 Å². The summed E-state index contributed by atoms with van der Waals surface area (Å²) in [6.45, 7) is 1.72. The van der Waals surface area contributed by atoms with E-state index >= 15 is 0 Å². The highest BCUT2D eigenvalue weighted by molar-refractivity contribution is 7.89. The second kappa shape index (κ2) is 7.82. The summed E-state index contributed by atoms with van der Waals surface area (Å²) in [4.78, 5) is 0.109. The van der Waals surface area contributed by atoms with Crippen molar-refractivity contribution in [2.24, 2.45) is 0 Å². The average molecular weight is 372 g/mol. The number of aliphatic hydroxyl groups excluding tert-OH is 1. The van der Waals surface area contributed by atoms with Crippen LogP contribution in [-0.2, 0) is 10.0 Å². The van der Waals surface area contributed by atoms with Crippen LogP contribution >= 0.6 is 0 Å². The number of sulfonamides is 1. The smallest absolute Gasteiger partial charge is 0.241 e. The zero-order valence-electron chi connectivity index (χ0n) is 14.2. The molecule has 1 heterocycles. The molecule has 0 amide bonds. The lowest BCUT2D eigenvalue weighted by Gasteiger charge is -2.19. The van der Waals surface area contributed by atoms with Gasteiger partial charge in [-0.15, -0.1) is 0 Å². The van der Waals surface area contributed by atoms with Gasteiger partial charge in [0.2, 0.25) is 10.0 Å². The van der Waals surface area contributed by atoms with E-state index in [1.54, 1.807) is 31.2 Å². The summed E-state index contributed by atoms with van der Waals surface area (Å²) >= 11 is 0. The first kappa shape index (κ1) is 18.3. The maximum atomic E-state index is 12.8. The van der Waals surface area contributed by atoms with Crippen LogP contribution in [0.15, 0.2) is 76.3 Å². The van der Waals surface area contributed by atoms with E-state index in [9.17, 15) is 13.5 Å². The van der Waals surface area contributed by atoms with Crippen molar-refractivity contribution in [2.75, 3.05) is 0 Å². The molecule has 0 aliphatic heterocycles. The number of rotatable bonds is 7. The van der Waals surface area contributed by atoms with Crippen LogP contribution in [0.5, 0.6) is 0 Å². The minimum atomic E-state index is -3.79. The van der Waals surface area contributed by atoms with Gasteiger partial charge in [0.15, 0.2) is 5.76 Å². The fraction of sp³-hybridized carbons (Fsp3) is 0.211. The molecule has 0 aliphatic rings. The van der Waals surface area contributed by atoms with Crippen LogP contribution in [-0.4, -0.2) is 24.7 Å². The third-order valence-electron chi connectivity index (χ3n) is 4.00. The maximum absolute atomic E-state index is 12.8. The highest BCUT2D eigenvalue weighted by Gasteiger charge is 2.24. The van der Waals surface area contributed by atoms with Crippen molar-refractivity contribution in [3.8, 4) is 11.3 Å². The van der Waals surface area contributed by atoms with Gasteiger partial charge in [-0.05, 0) is 31.0 Å². The van der Waals surface area contributed by atoms with E-state index in [-0.39, 0.29) is 11.3 Å². The van der Waals surface area contributed by atoms with E-state index in [1.165, 1.54) is 12.3 Å². The van der Waals surface area contributed by atoms with Crippen molar-refractivity contribution < 1.29 is 18.0 Å². The van der Waals surface area contributed by atoms with Crippen LogP contribution in [0.2, 0.25) is 0 Å². The van der Waals surface area contributed by atoms with E-state index < -0.39 is 22.2 Å². The number of nitrogens with one attached hydrogen (secondary N) is 1. The maximum Gasteiger partial charge on any atom is 0.241 e. The Labute approximate surface area is 152 Å². The molecule has 2 atom stereocenters. The van der Waals surface area contributed by atoms with E-state index in [0.29, 0.717) is 11.3 Å². The summed E-state index contributed by atoms with van der Waals surface area (Å²) in [5.74, 6) is 0.378. The van der Waals surface area contributed by atoms with E-state index in [4.69, 9.17) is 4.52 Å². The van der Waals surface area contributed by atoms with Gasteiger partial charge in [0.25, 0.3) is 0 Å². The molecule has 6 nitrogen and oxygen atoms in total. The lowest BCUT2D eigenvalue weighted by atomic mass is 10.0. The predicted molar refractivity (Wildman–Crippen MR) is 97.7 cm³/mol. The molecule has 3 aromatic rings. The molecule has 7 heteroatoms. The molecular formula is C19H20N2O4S. The highest BCUT2D eigenvalue weighted by atomic mass is 32.2. The molecule has 0 unspecified atom stereocenters. The molecule has 0 aliphatic carbocycles. The van der Waals surface area contributed by atoms with Gasteiger partial charge in [-0.25, -0.2) is 13.1 Å². The summed E-state index contributed by atoms with van der Waals surface area (Å²) in [5, 5.41) is 13.9. The molecule has 3 rings (SSSR count). The molecule has 0 radical (unpaired) electrons. The number of hydrogen-bond donors (Lipinski definition) is 2. The summed E-state index contributed by atoms with van der Waals surface area (Å²) in [7, 11) is -3.79. The van der Waals surface area contributed by atoms with Gasteiger partial charge in [0.05, 0.1) is 17.2 Å². The highest BCUT2D eigenvalue weighted by Crippen LogP contribution is 2.27. The third kappa shape index (κ3) is 4.19. The number of nitrogens with zero attached hydrogens (tertiary/aromatic N) is 1. The predicted octanol–water partition coefficient (Wildman–Crippen LogP) is 3.13. The van der Waals surface area contributed by atoms with Crippen molar-refractivity contribution in [2.45, 2.75) is 30.4 Å². The standard InChI is InChI=1S/C19H20N2O4S/c1-14(13-17(22)15-7-3-2-4-8-15)21-26(23,24)19-10-6-5-9-16(19)18-11-12-20-25-18/h2-12,14,17,21-22H,13H2,1H3/t14-,17+/m0/s1. The van der Waals surface area contributed by atoms with Crippen LogP contribution in [0.3, 0.4) is 0 Å². The van der Waals surface area contributed by atoms with Gasteiger partial charge in [-0.3, -0.25) is 0 Å². The number of aliphatic hydroxyl groups is 1. The lowest BCUT2D eigenvalue weighted by molar-refractivity contribution is 0.158. The third-order valence-corrected chi connectivity index (χ3v) is 5.65. The monoisotopic (exact) mass is 372 g/mol. The van der Waals surface area contributed by atoms with E-state index in [0.717, 1.165) is 5.56 Å². The molecule has 1 aromatic heterocycles. The SMILES string of the molecule is C[C@@H](C[C@@H](O)c1ccccc1)NS(=O)(=O)c1ccccc1-c1ccno1. The molecular weight excluding hydrogens is 352 g/mol. The number of aromatic nitrogens is 1. The van der Waals surface area contributed by atoms with Crippen molar-refractivity contribution in [1.29, 1.82) is 0 Å². The first-order chi connectivity index (χ1) is 12.5. The fourth-order valence-corrected chi connectivity index (χ4v) is 4.25. The average Bonchev–Trinajstić information content (AvgIpc) is 3.16. The summed E-state index contributed by atoms with van der Waals surface area (Å²) in [6.07, 6.45) is 0.969. The molecule has 0 fully saturated rings. The van der Waals surface area contributed by atoms with Crippen LogP contribution in [0.25, 0.3) is 11.3 Å². The Kier molecular flexibility index (Phi) is 5.51. The Morgan fingerprint density at radius 3 is 2.46 bits per heavy atom. The Morgan fingerprint density at radius 2 is 1.77 bits per heavy atom. The molecule has 0 saturated heterocycles. The van der Waals surface area contributed by atoms with E-state index in [2.05, 4.69) is 9.88 Å². The summed E-state index contributed by atoms with van der Waals surface area (Å²) in [5.41, 5.74) is 1.19. The van der Waals surface area contributed by atoms with Crippen molar-refractivity contribution in [3.05, 3.63) is 72.4 Å². The van der Waals surface area contributed by atoms with Gasteiger partial charge in [0.1, 0.15) is 0 Å². The first-order valence-corrected chi connectivity index (χ1v) is 9.71. The lowest BCUT2D eigenvalue weighted by Crippen LogP contribution is -2.34. The van der Waals surface area contributed by atoms with Gasteiger partial charge in [-0.1, -0.05) is 47.6 Å². The first-order valence-electron chi connectivity index (χ1n) is 8.23. The molecule has 26 heavy (non-hydrogen) atoms. The normalized spacial score (nSPS) is 14.1. The topological polar surface area (TPSA) is 92.4 Å². The van der Waals surface area contributed by atoms with Crippen LogP contribution < -0.4 is 4.72 Å². The van der Waals surface area contributed by atoms with Gasteiger partial charge in [0, 0.05) is 17.7 Å². The van der Waals surface area contributed by atoms with Crippen molar-refractivity contribution in [3.63, 3.8) is 0 Å². The minimum absolute atomic E-state index is 0.109. The summed E-state index contributed by atoms with van der Waals surface area (Å²) < 4.78 is 33.4. The molecule has 0 saturated carbocycles. The van der Waals surface area contributed by atoms with Gasteiger partial charge >= 0.3 is 0 Å². The Bertz CT molecular complexity index is 941. The molecule has 2 aromatic carbocycles. The van der Waals surface area contributed by atoms with Crippen LogP contribution in [0.1, 0.15) is 25.0 Å². The Balaban J connectivity index is 1.77. The molecule has 0 bridgehead atoms. The second-order valence-corrected chi connectivity index (χ2v) is 7.74. The zero-order chi connectivity index (χ0) is 18.6. The number of benzene rings is 2. The van der Waals surface area contributed by atoms with Crippen molar-refractivity contribution in [1.82, 2.24) is 9.88 Å². The second-order valence-electron chi connectivity index (χ2n) is 6.06. The van der Waals surface area contributed by atoms with Crippen LogP contribution in [0.4, 0.5) is 0 Å². The largest absolute Gasteiger partial charge is 0.388 e. The molecule has 2 N–H and O–H groups in total. The fourth-order valence-electron chi connectivity index (χ4n) is 2.78. The molecule has 0 spiro atoms. The van der Waals surface area contributed by atoms with Gasteiger partial charge < -0.3 is 9.63 Å². The summed E-state index contributed by atoms with van der Waals surface area (Å²) in [6, 6.07) is 16.9.